The van der Waals surface area contributed by atoms with E-state index in [0.29, 0.717) is 17.2 Å². The summed E-state index contributed by atoms with van der Waals surface area (Å²) < 4.78 is 2.63. The lowest BCUT2D eigenvalue weighted by atomic mass is 10.2. The second-order valence-electron chi connectivity index (χ2n) is 5.06. The summed E-state index contributed by atoms with van der Waals surface area (Å²) in [5, 5.41) is 7.14. The zero-order valence-corrected chi connectivity index (χ0v) is 14.2. The van der Waals surface area contributed by atoms with Gasteiger partial charge in [-0.15, -0.1) is 0 Å². The van der Waals surface area contributed by atoms with Crippen LogP contribution < -0.4 is 5.32 Å². The fourth-order valence-corrected chi connectivity index (χ4v) is 2.45. The van der Waals surface area contributed by atoms with Crippen LogP contribution in [0.15, 0.2) is 47.2 Å². The monoisotopic (exact) mass is 371 g/mol. The van der Waals surface area contributed by atoms with Crippen molar-refractivity contribution in [3.05, 3.63) is 64.1 Å². The number of carbonyl (C=O) groups is 1. The molecule has 0 atom stereocenters. The van der Waals surface area contributed by atoms with Crippen molar-refractivity contribution >= 4 is 27.7 Å². The highest BCUT2D eigenvalue weighted by atomic mass is 79.9. The lowest BCUT2D eigenvalue weighted by Gasteiger charge is -2.07. The summed E-state index contributed by atoms with van der Waals surface area (Å²) in [5.74, 6) is 0.808. The Morgan fingerprint density at radius 2 is 1.87 bits per heavy atom. The quantitative estimate of drug-likeness (QED) is 0.766. The Bertz CT molecular complexity index is 857. The van der Waals surface area contributed by atoms with Crippen LogP contribution in [0.3, 0.4) is 0 Å². The lowest BCUT2D eigenvalue weighted by Crippen LogP contribution is -2.14. The molecule has 1 N–H and O–H groups in total. The van der Waals surface area contributed by atoms with Crippen molar-refractivity contribution in [3.8, 4) is 5.82 Å². The van der Waals surface area contributed by atoms with Gasteiger partial charge in [0, 0.05) is 21.8 Å². The highest BCUT2D eigenvalue weighted by Crippen LogP contribution is 2.14. The molecule has 1 amide bonds. The molecule has 0 aliphatic carbocycles. The average Bonchev–Trinajstić information content (AvgIpc) is 2.87. The van der Waals surface area contributed by atoms with Gasteiger partial charge in [0.25, 0.3) is 5.91 Å². The first-order valence-corrected chi connectivity index (χ1v) is 7.75. The van der Waals surface area contributed by atoms with Crippen molar-refractivity contribution in [3.63, 3.8) is 0 Å². The van der Waals surface area contributed by atoms with Crippen LogP contribution >= 0.6 is 15.9 Å². The van der Waals surface area contributed by atoms with E-state index in [1.807, 2.05) is 32.0 Å². The molecule has 0 saturated heterocycles. The van der Waals surface area contributed by atoms with E-state index in [0.717, 1.165) is 15.9 Å². The zero-order chi connectivity index (χ0) is 16.4. The van der Waals surface area contributed by atoms with Gasteiger partial charge in [-0.2, -0.15) is 5.10 Å². The minimum absolute atomic E-state index is 0.226. The van der Waals surface area contributed by atoms with E-state index >= 15 is 0 Å². The average molecular weight is 372 g/mol. The molecule has 0 unspecified atom stereocenters. The molecule has 116 valence electrons. The van der Waals surface area contributed by atoms with Crippen molar-refractivity contribution in [2.75, 3.05) is 5.32 Å². The Hall–Kier alpha value is -2.54. The number of hydrogen-bond donors (Lipinski definition) is 1. The first-order valence-electron chi connectivity index (χ1n) is 6.95. The summed E-state index contributed by atoms with van der Waals surface area (Å²) >= 11 is 3.34. The molecule has 6 nitrogen and oxygen atoms in total. The van der Waals surface area contributed by atoms with Gasteiger partial charge in [0.15, 0.2) is 5.82 Å². The van der Waals surface area contributed by atoms with Gasteiger partial charge in [-0.05, 0) is 44.2 Å². The smallest absolute Gasteiger partial charge is 0.256 e. The minimum atomic E-state index is -0.226. The molecule has 2 aromatic heterocycles. The van der Waals surface area contributed by atoms with E-state index in [9.17, 15) is 4.79 Å². The molecule has 0 fully saturated rings. The molecule has 0 bridgehead atoms. The maximum atomic E-state index is 12.2. The number of hydrogen-bond acceptors (Lipinski definition) is 4. The first kappa shape index (κ1) is 15.4. The number of carbonyl (C=O) groups excluding carboxylic acids is 1. The van der Waals surface area contributed by atoms with Gasteiger partial charge in [0.05, 0.1) is 5.69 Å². The van der Waals surface area contributed by atoms with E-state index in [1.165, 1.54) is 6.33 Å². The molecule has 0 radical (unpaired) electrons. The summed E-state index contributed by atoms with van der Waals surface area (Å²) in [6, 6.07) is 10.8. The maximum Gasteiger partial charge on any atom is 0.256 e. The molecule has 3 rings (SSSR count). The van der Waals surface area contributed by atoms with Crippen LogP contribution in [0.4, 0.5) is 5.82 Å². The molecule has 3 aromatic rings. The second kappa shape index (κ2) is 6.29. The predicted molar refractivity (Wildman–Crippen MR) is 90.7 cm³/mol. The number of aryl methyl sites for hydroxylation is 2. The number of benzene rings is 1. The number of anilines is 1. The van der Waals surface area contributed by atoms with E-state index in [-0.39, 0.29) is 5.91 Å². The SMILES string of the molecule is Cc1cc(C)n(-c2cc(NC(=O)c3ccc(Br)cc3)ncn2)n1. The van der Waals surface area contributed by atoms with Crippen molar-refractivity contribution in [1.82, 2.24) is 19.7 Å². The Labute approximate surface area is 141 Å². The molecular formula is C16H14BrN5O. The van der Waals surface area contributed by atoms with Gasteiger partial charge in [-0.3, -0.25) is 4.79 Å². The maximum absolute atomic E-state index is 12.2. The molecule has 0 aliphatic heterocycles. The van der Waals surface area contributed by atoms with Gasteiger partial charge < -0.3 is 5.32 Å². The highest BCUT2D eigenvalue weighted by molar-refractivity contribution is 9.10. The first-order chi connectivity index (χ1) is 11.0. The fourth-order valence-electron chi connectivity index (χ4n) is 2.18. The van der Waals surface area contributed by atoms with Gasteiger partial charge in [-0.1, -0.05) is 15.9 Å². The van der Waals surface area contributed by atoms with Gasteiger partial charge in [0.1, 0.15) is 12.1 Å². The third-order valence-corrected chi connectivity index (χ3v) is 3.76. The fraction of sp³-hybridized carbons (Fsp3) is 0.125. The van der Waals surface area contributed by atoms with Crippen molar-refractivity contribution < 1.29 is 4.79 Å². The second-order valence-corrected chi connectivity index (χ2v) is 5.98. The minimum Gasteiger partial charge on any atom is -0.306 e. The van der Waals surface area contributed by atoms with Gasteiger partial charge in [-0.25, -0.2) is 14.6 Å². The molecular weight excluding hydrogens is 358 g/mol. The molecule has 2 heterocycles. The topological polar surface area (TPSA) is 72.7 Å². The summed E-state index contributed by atoms with van der Waals surface area (Å²) in [7, 11) is 0. The number of nitrogens with zero attached hydrogens (tertiary/aromatic N) is 4. The van der Waals surface area contributed by atoms with Crippen LogP contribution in [0, 0.1) is 13.8 Å². The molecule has 7 heteroatoms. The van der Waals surface area contributed by atoms with Crippen LogP contribution in [0.1, 0.15) is 21.7 Å². The largest absolute Gasteiger partial charge is 0.306 e. The summed E-state index contributed by atoms with van der Waals surface area (Å²) in [6.45, 7) is 3.86. The van der Waals surface area contributed by atoms with E-state index in [4.69, 9.17) is 0 Å². The third kappa shape index (κ3) is 3.45. The van der Waals surface area contributed by atoms with Crippen molar-refractivity contribution in [1.29, 1.82) is 0 Å². The molecule has 0 saturated carbocycles. The van der Waals surface area contributed by atoms with Crippen molar-refractivity contribution in [2.24, 2.45) is 0 Å². The highest BCUT2D eigenvalue weighted by Gasteiger charge is 2.10. The molecule has 0 spiro atoms. The summed E-state index contributed by atoms with van der Waals surface area (Å²) in [6.07, 6.45) is 1.41. The zero-order valence-electron chi connectivity index (χ0n) is 12.6. The Morgan fingerprint density at radius 1 is 1.13 bits per heavy atom. The number of rotatable bonds is 3. The molecule has 1 aromatic carbocycles. The van der Waals surface area contributed by atoms with Crippen molar-refractivity contribution in [2.45, 2.75) is 13.8 Å². The Kier molecular flexibility index (Phi) is 4.20. The van der Waals surface area contributed by atoms with E-state index in [1.54, 1.807) is 22.9 Å². The van der Waals surface area contributed by atoms with Crippen LogP contribution in [0.2, 0.25) is 0 Å². The summed E-state index contributed by atoms with van der Waals surface area (Å²) in [4.78, 5) is 20.5. The standard InChI is InChI=1S/C16H14BrN5O/c1-10-7-11(2)22(21-10)15-8-14(18-9-19-15)20-16(23)12-3-5-13(17)6-4-12/h3-9H,1-2H3,(H,18,19,20,23). The van der Waals surface area contributed by atoms with Crippen LogP contribution in [0.5, 0.6) is 0 Å². The number of nitrogens with one attached hydrogen (secondary N) is 1. The number of aromatic nitrogens is 4. The lowest BCUT2D eigenvalue weighted by molar-refractivity contribution is 0.102. The molecule has 23 heavy (non-hydrogen) atoms. The van der Waals surface area contributed by atoms with Crippen LogP contribution in [-0.4, -0.2) is 25.7 Å². The molecule has 0 aliphatic rings. The number of halogens is 1. The predicted octanol–water partition coefficient (Wildman–Crippen LogP) is 3.29. The third-order valence-electron chi connectivity index (χ3n) is 3.23. The normalized spacial score (nSPS) is 10.6. The van der Waals surface area contributed by atoms with Gasteiger partial charge in [0.2, 0.25) is 0 Å². The van der Waals surface area contributed by atoms with E-state index in [2.05, 4.69) is 36.3 Å². The Morgan fingerprint density at radius 3 is 2.52 bits per heavy atom. The summed E-state index contributed by atoms with van der Waals surface area (Å²) in [5.41, 5.74) is 2.42. The van der Waals surface area contributed by atoms with E-state index < -0.39 is 0 Å². The van der Waals surface area contributed by atoms with Crippen LogP contribution in [-0.2, 0) is 0 Å². The van der Waals surface area contributed by atoms with Crippen LogP contribution in [0.25, 0.3) is 5.82 Å². The number of amides is 1. The van der Waals surface area contributed by atoms with Gasteiger partial charge >= 0.3 is 0 Å². The Balaban J connectivity index is 1.84.